The fourth-order valence-electron chi connectivity index (χ4n) is 2.47. The number of carbonyl (C=O) groups is 2. The van der Waals surface area contributed by atoms with E-state index in [-0.39, 0.29) is 18.9 Å². The lowest BCUT2D eigenvalue weighted by Gasteiger charge is -2.16. The number of thiophene rings is 1. The predicted octanol–water partition coefficient (Wildman–Crippen LogP) is 2.68. The van der Waals surface area contributed by atoms with Gasteiger partial charge in [-0.15, -0.1) is 16.4 Å². The van der Waals surface area contributed by atoms with E-state index in [9.17, 15) is 9.59 Å². The minimum Gasteiger partial charge on any atom is -0.445 e. The molecule has 27 heavy (non-hydrogen) atoms. The number of Topliss-reactive ketones (excluding diaryl/α,β-unsaturated/α-hetero) is 1. The topological polar surface area (TPSA) is 99.0 Å². The lowest BCUT2D eigenvalue weighted by atomic mass is 10.1. The van der Waals surface area contributed by atoms with Crippen LogP contribution in [0.15, 0.2) is 47.8 Å². The van der Waals surface area contributed by atoms with Gasteiger partial charge < -0.3 is 10.1 Å². The Labute approximate surface area is 160 Å². The molecule has 9 heteroatoms. The second-order valence-electron chi connectivity index (χ2n) is 5.77. The number of aromatic nitrogens is 4. The summed E-state index contributed by atoms with van der Waals surface area (Å²) in [6, 6.07) is 12.4. The number of benzene rings is 1. The Balaban J connectivity index is 1.56. The number of nitrogens with one attached hydrogen (secondary N) is 1. The summed E-state index contributed by atoms with van der Waals surface area (Å²) < 4.78 is 6.62. The Morgan fingerprint density at radius 2 is 2.04 bits per heavy atom. The number of tetrazole rings is 1. The summed E-state index contributed by atoms with van der Waals surface area (Å²) in [5.41, 5.74) is 0.876. The minimum absolute atomic E-state index is 0.0301. The van der Waals surface area contributed by atoms with Crippen LogP contribution in [0, 0.1) is 0 Å². The number of hydrogen-bond donors (Lipinski definition) is 1. The van der Waals surface area contributed by atoms with E-state index in [1.54, 1.807) is 0 Å². The van der Waals surface area contributed by atoms with Crippen LogP contribution in [-0.2, 0) is 22.7 Å². The summed E-state index contributed by atoms with van der Waals surface area (Å²) in [6.07, 6.45) is -0.190. The van der Waals surface area contributed by atoms with Gasteiger partial charge in [-0.05, 0) is 33.9 Å². The average molecular weight is 385 g/mol. The maximum absolute atomic E-state index is 12.6. The number of nitrogens with zero attached hydrogens (tertiary/aromatic N) is 4. The first kappa shape index (κ1) is 18.7. The zero-order valence-electron chi connectivity index (χ0n) is 14.7. The van der Waals surface area contributed by atoms with Crippen LogP contribution in [-0.4, -0.2) is 38.1 Å². The molecule has 1 amide bonds. The Morgan fingerprint density at radius 3 is 2.74 bits per heavy atom. The van der Waals surface area contributed by atoms with E-state index in [0.717, 1.165) is 10.4 Å². The zero-order valence-corrected chi connectivity index (χ0v) is 15.6. The van der Waals surface area contributed by atoms with Crippen molar-refractivity contribution in [1.82, 2.24) is 25.5 Å². The molecule has 0 aliphatic rings. The molecule has 8 nitrogen and oxygen atoms in total. The first-order chi connectivity index (χ1) is 13.2. The number of hydrogen-bond acceptors (Lipinski definition) is 7. The largest absolute Gasteiger partial charge is 0.445 e. The monoisotopic (exact) mass is 385 g/mol. The highest BCUT2D eigenvalue weighted by Gasteiger charge is 2.22. The van der Waals surface area contributed by atoms with Crippen LogP contribution in [0.4, 0.5) is 4.79 Å². The second kappa shape index (κ2) is 9.04. The number of carbonyl (C=O) groups excluding carboxylic acids is 2. The SMILES string of the molecule is CCC(NC(=O)OCc1ccccc1)C(=O)Cn1nnnc1-c1cccs1. The van der Waals surface area contributed by atoms with Gasteiger partial charge in [0.25, 0.3) is 0 Å². The van der Waals surface area contributed by atoms with Crippen molar-refractivity contribution < 1.29 is 14.3 Å². The van der Waals surface area contributed by atoms with Gasteiger partial charge in [0.1, 0.15) is 13.2 Å². The van der Waals surface area contributed by atoms with E-state index in [1.807, 2.05) is 54.8 Å². The normalized spacial score (nSPS) is 11.7. The van der Waals surface area contributed by atoms with Crippen molar-refractivity contribution in [2.45, 2.75) is 32.5 Å². The van der Waals surface area contributed by atoms with E-state index < -0.39 is 12.1 Å². The predicted molar refractivity (Wildman–Crippen MR) is 100.0 cm³/mol. The van der Waals surface area contributed by atoms with Gasteiger partial charge in [-0.2, -0.15) is 0 Å². The molecule has 0 spiro atoms. The van der Waals surface area contributed by atoms with Crippen LogP contribution in [0.1, 0.15) is 18.9 Å². The van der Waals surface area contributed by atoms with Crippen LogP contribution >= 0.6 is 11.3 Å². The first-order valence-corrected chi connectivity index (χ1v) is 9.35. The van der Waals surface area contributed by atoms with Gasteiger partial charge in [0.05, 0.1) is 10.9 Å². The van der Waals surface area contributed by atoms with Crippen LogP contribution in [0.3, 0.4) is 0 Å². The number of alkyl carbamates (subject to hydrolysis) is 1. The van der Waals surface area contributed by atoms with Crippen molar-refractivity contribution in [2.75, 3.05) is 0 Å². The standard InChI is InChI=1S/C18H19N5O3S/c1-2-14(19-18(25)26-12-13-7-4-3-5-8-13)15(24)11-23-17(20-21-22-23)16-9-6-10-27-16/h3-10,14H,2,11-12H2,1H3,(H,19,25). The molecule has 3 rings (SSSR count). The molecule has 0 saturated heterocycles. The number of amides is 1. The van der Waals surface area contributed by atoms with E-state index >= 15 is 0 Å². The maximum Gasteiger partial charge on any atom is 0.408 e. The highest BCUT2D eigenvalue weighted by atomic mass is 32.1. The van der Waals surface area contributed by atoms with Crippen LogP contribution in [0.2, 0.25) is 0 Å². The third kappa shape index (κ3) is 4.98. The number of ether oxygens (including phenoxy) is 1. The van der Waals surface area contributed by atoms with Crippen LogP contribution in [0.5, 0.6) is 0 Å². The fourth-order valence-corrected chi connectivity index (χ4v) is 3.18. The van der Waals surface area contributed by atoms with Crippen molar-refractivity contribution in [2.24, 2.45) is 0 Å². The highest BCUT2D eigenvalue weighted by Crippen LogP contribution is 2.21. The lowest BCUT2D eigenvalue weighted by molar-refractivity contribution is -0.121. The zero-order chi connectivity index (χ0) is 19.1. The highest BCUT2D eigenvalue weighted by molar-refractivity contribution is 7.13. The molecule has 0 aliphatic carbocycles. The summed E-state index contributed by atoms with van der Waals surface area (Å²) in [7, 11) is 0. The third-order valence-corrected chi connectivity index (χ3v) is 4.75. The Morgan fingerprint density at radius 1 is 1.22 bits per heavy atom. The lowest BCUT2D eigenvalue weighted by Crippen LogP contribution is -2.42. The van der Waals surface area contributed by atoms with Crippen molar-refractivity contribution in [3.8, 4) is 10.7 Å². The Bertz CT molecular complexity index is 880. The molecule has 1 atom stereocenters. The van der Waals surface area contributed by atoms with E-state index in [4.69, 9.17) is 4.74 Å². The number of ketones is 1. The van der Waals surface area contributed by atoms with Crippen molar-refractivity contribution in [3.63, 3.8) is 0 Å². The summed E-state index contributed by atoms with van der Waals surface area (Å²) in [4.78, 5) is 25.5. The van der Waals surface area contributed by atoms with Gasteiger partial charge in [-0.25, -0.2) is 9.48 Å². The molecule has 2 aromatic heterocycles. The quantitative estimate of drug-likeness (QED) is 0.640. The molecule has 0 aliphatic heterocycles. The second-order valence-corrected chi connectivity index (χ2v) is 6.72. The van der Waals surface area contributed by atoms with Gasteiger partial charge in [0, 0.05) is 0 Å². The van der Waals surface area contributed by atoms with Gasteiger partial charge in [-0.1, -0.05) is 43.3 Å². The number of rotatable bonds is 8. The van der Waals surface area contributed by atoms with Crippen LogP contribution in [0.25, 0.3) is 10.7 Å². The molecule has 0 saturated carbocycles. The molecular formula is C18H19N5O3S. The van der Waals surface area contributed by atoms with Gasteiger partial charge >= 0.3 is 6.09 Å². The fraction of sp³-hybridized carbons (Fsp3) is 0.278. The first-order valence-electron chi connectivity index (χ1n) is 8.47. The smallest absolute Gasteiger partial charge is 0.408 e. The van der Waals surface area contributed by atoms with Gasteiger partial charge in [-0.3, -0.25) is 4.79 Å². The molecular weight excluding hydrogens is 366 g/mol. The Kier molecular flexibility index (Phi) is 6.26. The molecule has 140 valence electrons. The average Bonchev–Trinajstić information content (AvgIpc) is 3.36. The summed E-state index contributed by atoms with van der Waals surface area (Å²) >= 11 is 1.49. The summed E-state index contributed by atoms with van der Waals surface area (Å²) in [5.74, 6) is 0.333. The molecule has 3 aromatic rings. The maximum atomic E-state index is 12.6. The molecule has 0 fully saturated rings. The molecule has 1 N–H and O–H groups in total. The summed E-state index contributed by atoms with van der Waals surface area (Å²) in [6.45, 7) is 1.93. The Hall–Kier alpha value is -3.07. The van der Waals surface area contributed by atoms with Crippen molar-refractivity contribution >= 4 is 23.2 Å². The minimum atomic E-state index is -0.673. The molecule has 1 unspecified atom stereocenters. The molecule has 0 radical (unpaired) electrons. The summed E-state index contributed by atoms with van der Waals surface area (Å²) in [5, 5.41) is 16.0. The van der Waals surface area contributed by atoms with Crippen molar-refractivity contribution in [1.29, 1.82) is 0 Å². The van der Waals surface area contributed by atoms with Crippen LogP contribution < -0.4 is 5.32 Å². The van der Waals surface area contributed by atoms with E-state index in [1.165, 1.54) is 16.0 Å². The van der Waals surface area contributed by atoms with Crippen molar-refractivity contribution in [3.05, 3.63) is 53.4 Å². The van der Waals surface area contributed by atoms with E-state index in [2.05, 4.69) is 20.8 Å². The molecule has 2 heterocycles. The molecule has 0 bridgehead atoms. The molecule has 1 aromatic carbocycles. The third-order valence-electron chi connectivity index (χ3n) is 3.88. The van der Waals surface area contributed by atoms with Gasteiger partial charge in [0.15, 0.2) is 11.6 Å². The van der Waals surface area contributed by atoms with E-state index in [0.29, 0.717) is 12.2 Å². The van der Waals surface area contributed by atoms with Gasteiger partial charge in [0.2, 0.25) is 0 Å².